The zero-order valence-electron chi connectivity index (χ0n) is 11.6. The second-order valence-electron chi connectivity index (χ2n) is 4.44. The van der Waals surface area contributed by atoms with E-state index in [0.29, 0.717) is 33.1 Å². The molecular formula is C15H16N2O2S. The molecule has 0 unspecified atom stereocenters. The third-order valence-electron chi connectivity index (χ3n) is 3.15. The van der Waals surface area contributed by atoms with Crippen LogP contribution in [0, 0.1) is 13.8 Å². The van der Waals surface area contributed by atoms with Gasteiger partial charge < -0.3 is 10.5 Å². The van der Waals surface area contributed by atoms with Gasteiger partial charge in [-0.25, -0.2) is 4.21 Å². The fraction of sp³-hybridized carbons (Fsp3) is 0.200. The largest absolute Gasteiger partial charge is 0.496 e. The van der Waals surface area contributed by atoms with Crippen molar-refractivity contribution >= 4 is 21.8 Å². The number of nitrogens with zero attached hydrogens (tertiary/aromatic N) is 1. The fourth-order valence-corrected chi connectivity index (χ4v) is 2.88. The van der Waals surface area contributed by atoms with Crippen molar-refractivity contribution in [1.82, 2.24) is 4.98 Å². The first-order chi connectivity index (χ1) is 9.60. The van der Waals surface area contributed by atoms with Gasteiger partial charge in [-0.2, -0.15) is 0 Å². The summed E-state index contributed by atoms with van der Waals surface area (Å²) in [5.41, 5.74) is 9.78. The molecule has 0 amide bonds. The molecule has 4 nitrogen and oxygen atoms in total. The van der Waals surface area contributed by atoms with Crippen LogP contribution in [-0.4, -0.2) is 21.2 Å². The van der Waals surface area contributed by atoms with Crippen LogP contribution in [0.15, 0.2) is 30.5 Å². The summed E-state index contributed by atoms with van der Waals surface area (Å²) in [7, 11) is 1.61. The van der Waals surface area contributed by atoms with Gasteiger partial charge in [-0.3, -0.25) is 4.98 Å². The highest BCUT2D eigenvalue weighted by Crippen LogP contribution is 2.31. The minimum atomic E-state index is 0.398. The van der Waals surface area contributed by atoms with E-state index < -0.39 is 0 Å². The Morgan fingerprint density at radius 1 is 1.35 bits per heavy atom. The number of anilines is 1. The topological polar surface area (TPSA) is 65.2 Å². The van der Waals surface area contributed by atoms with Crippen LogP contribution in [-0.2, 0) is 11.3 Å². The highest BCUT2D eigenvalue weighted by atomic mass is 32.1. The number of aromatic nitrogens is 1. The SMILES string of the molecule is COc1c(C)cc(N)c(C(=S=O)c2ccccn2)c1C. The molecule has 0 fully saturated rings. The Labute approximate surface area is 121 Å². The van der Waals surface area contributed by atoms with Crippen LogP contribution in [0.25, 0.3) is 0 Å². The Balaban J connectivity index is 2.72. The minimum absolute atomic E-state index is 0.398. The van der Waals surface area contributed by atoms with Crippen LogP contribution >= 0.6 is 0 Å². The van der Waals surface area contributed by atoms with Crippen molar-refractivity contribution in [3.05, 3.63) is 52.8 Å². The normalized spacial score (nSPS) is 10.2. The third-order valence-corrected chi connectivity index (χ3v) is 3.73. The predicted molar refractivity (Wildman–Crippen MR) is 82.5 cm³/mol. The van der Waals surface area contributed by atoms with E-state index in [9.17, 15) is 4.21 Å². The van der Waals surface area contributed by atoms with Gasteiger partial charge in [0.2, 0.25) is 0 Å². The van der Waals surface area contributed by atoms with Crippen molar-refractivity contribution in [1.29, 1.82) is 0 Å². The van der Waals surface area contributed by atoms with Gasteiger partial charge in [-0.15, -0.1) is 0 Å². The first kappa shape index (κ1) is 14.3. The van der Waals surface area contributed by atoms with Crippen LogP contribution in [0.1, 0.15) is 22.4 Å². The lowest BCUT2D eigenvalue weighted by Crippen LogP contribution is -2.12. The molecule has 0 radical (unpaired) electrons. The summed E-state index contributed by atoms with van der Waals surface area (Å²) in [6.45, 7) is 3.83. The summed E-state index contributed by atoms with van der Waals surface area (Å²) in [6, 6.07) is 7.27. The number of ether oxygens (including phenoxy) is 1. The highest BCUT2D eigenvalue weighted by Gasteiger charge is 2.18. The number of aryl methyl sites for hydroxylation is 1. The second kappa shape index (κ2) is 5.88. The Kier molecular flexibility index (Phi) is 4.20. The average molecular weight is 288 g/mol. The molecule has 0 aliphatic rings. The van der Waals surface area contributed by atoms with Crippen molar-refractivity contribution in [2.75, 3.05) is 12.8 Å². The number of hydrogen-bond acceptors (Lipinski definition) is 4. The fourth-order valence-electron chi connectivity index (χ4n) is 2.32. The van der Waals surface area contributed by atoms with Gasteiger partial charge >= 0.3 is 0 Å². The highest BCUT2D eigenvalue weighted by molar-refractivity contribution is 7.67. The van der Waals surface area contributed by atoms with Gasteiger partial charge in [-0.1, -0.05) is 6.07 Å². The van der Waals surface area contributed by atoms with Crippen LogP contribution in [0.2, 0.25) is 0 Å². The Bertz CT molecular complexity index is 693. The molecule has 2 N–H and O–H groups in total. The molecule has 5 heteroatoms. The molecule has 1 aromatic carbocycles. The molecule has 0 saturated heterocycles. The maximum absolute atomic E-state index is 11.6. The lowest BCUT2D eigenvalue weighted by molar-refractivity contribution is 0.408. The van der Waals surface area contributed by atoms with Gasteiger partial charge in [-0.05, 0) is 37.6 Å². The maximum Gasteiger partial charge on any atom is 0.125 e. The Morgan fingerprint density at radius 2 is 2.10 bits per heavy atom. The zero-order chi connectivity index (χ0) is 14.7. The number of nitrogens with two attached hydrogens (primary N) is 1. The molecule has 0 aliphatic heterocycles. The number of rotatable bonds is 3. The summed E-state index contributed by atoms with van der Waals surface area (Å²) in [4.78, 5) is 4.75. The molecule has 0 saturated carbocycles. The number of methoxy groups -OCH3 is 1. The van der Waals surface area contributed by atoms with E-state index in [-0.39, 0.29) is 0 Å². The van der Waals surface area contributed by atoms with Crippen LogP contribution in [0.5, 0.6) is 5.75 Å². The molecule has 1 heterocycles. The number of benzene rings is 1. The second-order valence-corrected chi connectivity index (χ2v) is 5.02. The van der Waals surface area contributed by atoms with E-state index in [0.717, 1.165) is 16.9 Å². The van der Waals surface area contributed by atoms with Gasteiger partial charge in [0.1, 0.15) is 10.6 Å². The Morgan fingerprint density at radius 3 is 2.65 bits per heavy atom. The lowest BCUT2D eigenvalue weighted by atomic mass is 9.97. The van der Waals surface area contributed by atoms with Gasteiger partial charge in [0, 0.05) is 23.0 Å². The molecule has 1 aromatic heterocycles. The molecular weight excluding hydrogens is 272 g/mol. The van der Waals surface area contributed by atoms with Crippen molar-refractivity contribution < 1.29 is 8.95 Å². The molecule has 2 rings (SSSR count). The van der Waals surface area contributed by atoms with Gasteiger partial charge in [0.15, 0.2) is 0 Å². The summed E-state index contributed by atoms with van der Waals surface area (Å²) < 4.78 is 17.0. The van der Waals surface area contributed by atoms with E-state index >= 15 is 0 Å². The van der Waals surface area contributed by atoms with Crippen molar-refractivity contribution in [2.24, 2.45) is 0 Å². The number of hydrogen-bond donors (Lipinski definition) is 1. The van der Waals surface area contributed by atoms with Crippen LogP contribution < -0.4 is 10.5 Å². The standard InChI is InChI=1S/C15H16N2O2S/c1-9-8-11(16)13(10(2)14(9)19-3)15(20-18)12-6-4-5-7-17-12/h4-8H,16H2,1-3H3. The molecule has 2 aromatic rings. The van der Waals surface area contributed by atoms with E-state index in [4.69, 9.17) is 10.5 Å². The molecule has 0 atom stereocenters. The van der Waals surface area contributed by atoms with Crippen molar-refractivity contribution in [2.45, 2.75) is 13.8 Å². The molecule has 0 aliphatic carbocycles. The van der Waals surface area contributed by atoms with Gasteiger partial charge in [0.05, 0.1) is 24.1 Å². The quantitative estimate of drug-likeness (QED) is 0.533. The number of nitrogen functional groups attached to an aromatic ring is 1. The van der Waals surface area contributed by atoms with Crippen LogP contribution in [0.3, 0.4) is 0 Å². The van der Waals surface area contributed by atoms with E-state index in [1.54, 1.807) is 19.4 Å². The van der Waals surface area contributed by atoms with Gasteiger partial charge in [0.25, 0.3) is 0 Å². The summed E-state index contributed by atoms with van der Waals surface area (Å²) >= 11 is 0.398. The number of pyridine rings is 1. The summed E-state index contributed by atoms with van der Waals surface area (Å²) in [5.74, 6) is 0.747. The first-order valence-electron chi connectivity index (χ1n) is 6.12. The summed E-state index contributed by atoms with van der Waals surface area (Å²) in [6.07, 6.45) is 1.66. The van der Waals surface area contributed by atoms with E-state index in [1.807, 2.05) is 32.0 Å². The first-order valence-corrected chi connectivity index (χ1v) is 6.86. The minimum Gasteiger partial charge on any atom is -0.496 e. The molecule has 104 valence electrons. The Hall–Kier alpha value is -2.14. The monoisotopic (exact) mass is 288 g/mol. The van der Waals surface area contributed by atoms with Crippen molar-refractivity contribution in [3.63, 3.8) is 0 Å². The molecule has 0 bridgehead atoms. The summed E-state index contributed by atoms with van der Waals surface area (Å²) in [5, 5.41) is 0. The van der Waals surface area contributed by atoms with E-state index in [1.165, 1.54) is 0 Å². The lowest BCUT2D eigenvalue weighted by Gasteiger charge is -2.16. The van der Waals surface area contributed by atoms with Crippen molar-refractivity contribution in [3.8, 4) is 5.75 Å². The molecule has 0 spiro atoms. The molecule has 20 heavy (non-hydrogen) atoms. The predicted octanol–water partition coefficient (Wildman–Crippen LogP) is 2.07. The third kappa shape index (κ3) is 2.44. The van der Waals surface area contributed by atoms with Crippen LogP contribution in [0.4, 0.5) is 5.69 Å². The average Bonchev–Trinajstić information content (AvgIpc) is 2.44. The smallest absolute Gasteiger partial charge is 0.125 e. The van der Waals surface area contributed by atoms with E-state index in [2.05, 4.69) is 4.98 Å². The maximum atomic E-state index is 11.6. The zero-order valence-corrected chi connectivity index (χ0v) is 12.5.